The minimum Gasteiger partial charge on any atom is -0.481 e. The molecule has 1 unspecified atom stereocenters. The van der Waals surface area contributed by atoms with E-state index in [-0.39, 0.29) is 6.42 Å². The fourth-order valence-electron chi connectivity index (χ4n) is 2.38. The van der Waals surface area contributed by atoms with Gasteiger partial charge in [0.05, 0.1) is 12.5 Å². The SMILES string of the molecule is CC(C)(C)OC(=O)N1CC(c2ccccc2)=CC1CC(=O)O. The molecule has 0 saturated carbocycles. The van der Waals surface area contributed by atoms with Crippen molar-refractivity contribution < 1.29 is 19.4 Å². The number of rotatable bonds is 3. The van der Waals surface area contributed by atoms with Crippen LogP contribution in [-0.4, -0.2) is 40.3 Å². The van der Waals surface area contributed by atoms with E-state index >= 15 is 0 Å². The molecule has 0 aromatic heterocycles. The number of benzene rings is 1. The van der Waals surface area contributed by atoms with Crippen molar-refractivity contribution in [1.82, 2.24) is 4.90 Å². The minimum atomic E-state index is -0.941. The van der Waals surface area contributed by atoms with E-state index in [1.54, 1.807) is 20.8 Å². The number of aliphatic carboxylic acids is 1. The molecule has 5 nitrogen and oxygen atoms in total. The van der Waals surface area contributed by atoms with Gasteiger partial charge in [0.1, 0.15) is 5.60 Å². The number of carbonyl (C=O) groups excluding carboxylic acids is 1. The lowest BCUT2D eigenvalue weighted by molar-refractivity contribution is -0.137. The molecule has 2 rings (SSSR count). The van der Waals surface area contributed by atoms with Crippen molar-refractivity contribution in [3.63, 3.8) is 0 Å². The van der Waals surface area contributed by atoms with Gasteiger partial charge in [0.15, 0.2) is 0 Å². The van der Waals surface area contributed by atoms with Crippen LogP contribution < -0.4 is 0 Å². The molecule has 1 heterocycles. The van der Waals surface area contributed by atoms with Crippen LogP contribution in [0.2, 0.25) is 0 Å². The van der Waals surface area contributed by atoms with E-state index in [9.17, 15) is 9.59 Å². The summed E-state index contributed by atoms with van der Waals surface area (Å²) in [6.45, 7) is 5.73. The fourth-order valence-corrected chi connectivity index (χ4v) is 2.38. The summed E-state index contributed by atoms with van der Waals surface area (Å²) < 4.78 is 5.38. The van der Waals surface area contributed by atoms with E-state index in [1.165, 1.54) is 4.90 Å². The molecule has 0 saturated heterocycles. The van der Waals surface area contributed by atoms with Gasteiger partial charge in [0.2, 0.25) is 0 Å². The van der Waals surface area contributed by atoms with Crippen LogP contribution in [-0.2, 0) is 9.53 Å². The number of carboxylic acids is 1. The van der Waals surface area contributed by atoms with Crippen LogP contribution in [0.15, 0.2) is 36.4 Å². The van der Waals surface area contributed by atoms with Gasteiger partial charge in [-0.3, -0.25) is 9.69 Å². The van der Waals surface area contributed by atoms with E-state index < -0.39 is 23.7 Å². The van der Waals surface area contributed by atoms with Gasteiger partial charge in [-0.2, -0.15) is 0 Å². The summed E-state index contributed by atoms with van der Waals surface area (Å²) in [5.41, 5.74) is 1.32. The largest absolute Gasteiger partial charge is 0.481 e. The Balaban J connectivity index is 2.20. The van der Waals surface area contributed by atoms with Crippen molar-refractivity contribution in [2.75, 3.05) is 6.54 Å². The van der Waals surface area contributed by atoms with Gasteiger partial charge < -0.3 is 9.84 Å². The lowest BCUT2D eigenvalue weighted by Gasteiger charge is -2.28. The first kappa shape index (κ1) is 16.1. The van der Waals surface area contributed by atoms with Gasteiger partial charge >= 0.3 is 12.1 Å². The molecule has 22 heavy (non-hydrogen) atoms. The summed E-state index contributed by atoms with van der Waals surface area (Å²) in [7, 11) is 0. The maximum atomic E-state index is 12.3. The molecule has 0 fully saturated rings. The number of hydrogen-bond acceptors (Lipinski definition) is 3. The highest BCUT2D eigenvalue weighted by Crippen LogP contribution is 2.28. The van der Waals surface area contributed by atoms with Crippen molar-refractivity contribution in [3.8, 4) is 0 Å². The third kappa shape index (κ3) is 4.10. The average molecular weight is 303 g/mol. The Bertz CT molecular complexity index is 586. The second kappa shape index (κ2) is 6.22. The van der Waals surface area contributed by atoms with E-state index in [2.05, 4.69) is 0 Å². The molecular weight excluding hydrogens is 282 g/mol. The third-order valence-electron chi connectivity index (χ3n) is 3.29. The molecule has 1 aromatic carbocycles. The second-order valence-corrected chi connectivity index (χ2v) is 6.33. The molecular formula is C17H21NO4. The van der Waals surface area contributed by atoms with Crippen LogP contribution in [0.25, 0.3) is 5.57 Å². The molecule has 0 aliphatic carbocycles. The van der Waals surface area contributed by atoms with Crippen molar-refractivity contribution >= 4 is 17.6 Å². The lowest BCUT2D eigenvalue weighted by Crippen LogP contribution is -2.41. The maximum Gasteiger partial charge on any atom is 0.411 e. The van der Waals surface area contributed by atoms with Gasteiger partial charge in [0.25, 0.3) is 0 Å². The zero-order chi connectivity index (χ0) is 16.3. The van der Waals surface area contributed by atoms with Crippen molar-refractivity contribution in [2.45, 2.75) is 38.8 Å². The number of carboxylic acid groups (broad SMARTS) is 1. The first-order valence-corrected chi connectivity index (χ1v) is 7.24. The molecule has 0 bridgehead atoms. The van der Waals surface area contributed by atoms with Gasteiger partial charge in [0, 0.05) is 6.54 Å². The van der Waals surface area contributed by atoms with Crippen LogP contribution >= 0.6 is 0 Å². The summed E-state index contributed by atoms with van der Waals surface area (Å²) in [4.78, 5) is 24.8. The summed E-state index contributed by atoms with van der Waals surface area (Å²) in [6.07, 6.45) is 1.23. The summed E-state index contributed by atoms with van der Waals surface area (Å²) in [6, 6.07) is 9.16. The Morgan fingerprint density at radius 1 is 1.27 bits per heavy atom. The molecule has 0 radical (unpaired) electrons. The summed E-state index contributed by atoms with van der Waals surface area (Å²) in [5.74, 6) is -0.941. The summed E-state index contributed by atoms with van der Waals surface area (Å²) in [5, 5.41) is 9.05. The number of nitrogens with zero attached hydrogens (tertiary/aromatic N) is 1. The van der Waals surface area contributed by atoms with Crippen LogP contribution in [0, 0.1) is 0 Å². The first-order chi connectivity index (χ1) is 10.3. The molecule has 0 spiro atoms. The lowest BCUT2D eigenvalue weighted by atomic mass is 10.1. The highest BCUT2D eigenvalue weighted by molar-refractivity contribution is 5.80. The van der Waals surface area contributed by atoms with Gasteiger partial charge in [-0.15, -0.1) is 0 Å². The van der Waals surface area contributed by atoms with Gasteiger partial charge in [-0.05, 0) is 31.9 Å². The van der Waals surface area contributed by atoms with Crippen LogP contribution in [0.4, 0.5) is 4.79 Å². The Morgan fingerprint density at radius 2 is 1.91 bits per heavy atom. The molecule has 1 aromatic rings. The molecule has 118 valence electrons. The van der Waals surface area contributed by atoms with Crippen LogP contribution in [0.5, 0.6) is 0 Å². The molecule has 1 amide bonds. The van der Waals surface area contributed by atoms with Crippen molar-refractivity contribution in [3.05, 3.63) is 42.0 Å². The molecule has 1 aliphatic heterocycles. The van der Waals surface area contributed by atoms with E-state index in [0.717, 1.165) is 11.1 Å². The smallest absolute Gasteiger partial charge is 0.411 e. The first-order valence-electron chi connectivity index (χ1n) is 7.24. The zero-order valence-corrected chi connectivity index (χ0v) is 13.1. The number of ether oxygens (including phenoxy) is 1. The predicted octanol–water partition coefficient (Wildman–Crippen LogP) is 3.16. The monoisotopic (exact) mass is 303 g/mol. The second-order valence-electron chi connectivity index (χ2n) is 6.33. The van der Waals surface area contributed by atoms with Crippen LogP contribution in [0.3, 0.4) is 0 Å². The van der Waals surface area contributed by atoms with Gasteiger partial charge in [-0.1, -0.05) is 36.4 Å². The predicted molar refractivity (Wildman–Crippen MR) is 83.4 cm³/mol. The van der Waals surface area contributed by atoms with E-state index in [1.807, 2.05) is 36.4 Å². The highest BCUT2D eigenvalue weighted by Gasteiger charge is 2.33. The number of amides is 1. The standard InChI is InChI=1S/C17H21NO4/c1-17(2,3)22-16(21)18-11-13(9-14(18)10-15(19)20)12-7-5-4-6-8-12/h4-9,14H,10-11H2,1-3H3,(H,19,20). The average Bonchev–Trinajstić information content (AvgIpc) is 2.81. The van der Waals surface area contributed by atoms with Gasteiger partial charge in [-0.25, -0.2) is 4.79 Å². The Morgan fingerprint density at radius 3 is 2.45 bits per heavy atom. The summed E-state index contributed by atoms with van der Waals surface area (Å²) >= 11 is 0. The maximum absolute atomic E-state index is 12.3. The normalized spacial score (nSPS) is 18.0. The number of carbonyl (C=O) groups is 2. The zero-order valence-electron chi connectivity index (χ0n) is 13.1. The highest BCUT2D eigenvalue weighted by atomic mass is 16.6. The van der Waals surface area contributed by atoms with E-state index in [0.29, 0.717) is 6.54 Å². The fraction of sp³-hybridized carbons (Fsp3) is 0.412. The quantitative estimate of drug-likeness (QED) is 0.931. The van der Waals surface area contributed by atoms with Crippen molar-refractivity contribution in [1.29, 1.82) is 0 Å². The van der Waals surface area contributed by atoms with Crippen molar-refractivity contribution in [2.24, 2.45) is 0 Å². The molecule has 1 aliphatic rings. The number of hydrogen-bond donors (Lipinski definition) is 1. The third-order valence-corrected chi connectivity index (χ3v) is 3.29. The Hall–Kier alpha value is -2.30. The topological polar surface area (TPSA) is 66.8 Å². The molecule has 5 heteroatoms. The minimum absolute atomic E-state index is 0.129. The molecule has 1 atom stereocenters. The molecule has 1 N–H and O–H groups in total. The van der Waals surface area contributed by atoms with E-state index in [4.69, 9.17) is 9.84 Å². The van der Waals surface area contributed by atoms with Crippen LogP contribution in [0.1, 0.15) is 32.8 Å². The Labute approximate surface area is 130 Å². The Kier molecular flexibility index (Phi) is 4.54.